The molecule has 4 heteroatoms. The Morgan fingerprint density at radius 3 is 2.76 bits per heavy atom. The molecule has 96 valence electrons. The van der Waals surface area contributed by atoms with Crippen molar-refractivity contribution in [3.05, 3.63) is 29.6 Å². The van der Waals surface area contributed by atoms with Crippen molar-refractivity contribution in [2.45, 2.75) is 19.4 Å². The van der Waals surface area contributed by atoms with Crippen molar-refractivity contribution < 1.29 is 4.39 Å². The van der Waals surface area contributed by atoms with Gasteiger partial charge < -0.3 is 10.6 Å². The Kier molecular flexibility index (Phi) is 5.78. The van der Waals surface area contributed by atoms with Crippen LogP contribution in [0.3, 0.4) is 0 Å². The van der Waals surface area contributed by atoms with Crippen LogP contribution in [0.25, 0.3) is 0 Å². The summed E-state index contributed by atoms with van der Waals surface area (Å²) in [6.45, 7) is 2.62. The molecule has 0 amide bonds. The normalized spacial score (nSPS) is 12.5. The van der Waals surface area contributed by atoms with Crippen molar-refractivity contribution in [3.8, 4) is 0 Å². The number of nitrogens with zero attached hydrogens (tertiary/aromatic N) is 1. The lowest BCUT2D eigenvalue weighted by Crippen LogP contribution is -2.32. The second kappa shape index (κ2) is 6.87. The SMILES string of the molecule is CSCC(C)N(C)c1cccc(F)c1CCN. The third kappa shape index (κ3) is 3.61. The number of nitrogens with two attached hydrogens (primary N) is 1. The fourth-order valence-electron chi connectivity index (χ4n) is 1.86. The first kappa shape index (κ1) is 14.3. The number of hydrogen-bond acceptors (Lipinski definition) is 3. The maximum Gasteiger partial charge on any atom is 0.128 e. The molecule has 1 aromatic rings. The molecule has 0 fully saturated rings. The van der Waals surface area contributed by atoms with E-state index in [9.17, 15) is 4.39 Å². The van der Waals surface area contributed by atoms with Crippen LogP contribution in [0.4, 0.5) is 10.1 Å². The molecule has 0 aliphatic heterocycles. The van der Waals surface area contributed by atoms with Gasteiger partial charge >= 0.3 is 0 Å². The first-order valence-electron chi connectivity index (χ1n) is 5.81. The highest BCUT2D eigenvalue weighted by Gasteiger charge is 2.15. The lowest BCUT2D eigenvalue weighted by molar-refractivity contribution is 0.607. The highest BCUT2D eigenvalue weighted by Crippen LogP contribution is 2.24. The van der Waals surface area contributed by atoms with E-state index in [0.717, 1.165) is 17.0 Å². The molecule has 1 rings (SSSR count). The lowest BCUT2D eigenvalue weighted by Gasteiger charge is -2.28. The molecule has 0 aliphatic rings. The Morgan fingerprint density at radius 1 is 1.47 bits per heavy atom. The van der Waals surface area contributed by atoms with E-state index in [1.807, 2.05) is 13.1 Å². The van der Waals surface area contributed by atoms with Crippen LogP contribution in [0.1, 0.15) is 12.5 Å². The van der Waals surface area contributed by atoms with Crippen LogP contribution in [-0.4, -0.2) is 31.6 Å². The summed E-state index contributed by atoms with van der Waals surface area (Å²) in [6.07, 6.45) is 2.66. The summed E-state index contributed by atoms with van der Waals surface area (Å²) >= 11 is 1.80. The fourth-order valence-corrected chi connectivity index (χ4v) is 2.57. The Morgan fingerprint density at radius 2 is 2.18 bits per heavy atom. The highest BCUT2D eigenvalue weighted by atomic mass is 32.2. The molecular formula is C13H21FN2S. The Bertz CT molecular complexity index is 357. The summed E-state index contributed by atoms with van der Waals surface area (Å²) in [7, 11) is 2.01. The number of hydrogen-bond donors (Lipinski definition) is 1. The summed E-state index contributed by atoms with van der Waals surface area (Å²) < 4.78 is 13.8. The zero-order valence-corrected chi connectivity index (χ0v) is 11.6. The first-order valence-corrected chi connectivity index (χ1v) is 7.20. The zero-order chi connectivity index (χ0) is 12.8. The smallest absolute Gasteiger partial charge is 0.128 e. The summed E-state index contributed by atoms with van der Waals surface area (Å²) in [5.74, 6) is 0.867. The van der Waals surface area contributed by atoms with Crippen LogP contribution in [0.15, 0.2) is 18.2 Å². The fraction of sp³-hybridized carbons (Fsp3) is 0.538. The average Bonchev–Trinajstić information content (AvgIpc) is 2.31. The van der Waals surface area contributed by atoms with Crippen molar-refractivity contribution in [1.82, 2.24) is 0 Å². The molecule has 0 aliphatic carbocycles. The predicted octanol–water partition coefficient (Wildman–Crippen LogP) is 2.51. The molecule has 0 aromatic heterocycles. The van der Waals surface area contributed by atoms with E-state index >= 15 is 0 Å². The minimum Gasteiger partial charge on any atom is -0.371 e. The maximum absolute atomic E-state index is 13.8. The molecule has 1 atom stereocenters. The van der Waals surface area contributed by atoms with E-state index in [-0.39, 0.29) is 5.82 Å². The van der Waals surface area contributed by atoms with E-state index in [4.69, 9.17) is 5.73 Å². The Balaban J connectivity index is 2.99. The van der Waals surface area contributed by atoms with E-state index in [1.54, 1.807) is 17.8 Å². The second-order valence-electron chi connectivity index (χ2n) is 4.19. The zero-order valence-electron chi connectivity index (χ0n) is 10.7. The van der Waals surface area contributed by atoms with Gasteiger partial charge in [0.2, 0.25) is 0 Å². The van der Waals surface area contributed by atoms with Crippen LogP contribution in [0.2, 0.25) is 0 Å². The van der Waals surface area contributed by atoms with Crippen molar-refractivity contribution in [1.29, 1.82) is 0 Å². The van der Waals surface area contributed by atoms with Gasteiger partial charge in [-0.25, -0.2) is 4.39 Å². The van der Waals surface area contributed by atoms with Gasteiger partial charge in [-0.3, -0.25) is 0 Å². The van der Waals surface area contributed by atoms with Gasteiger partial charge in [-0.1, -0.05) is 6.07 Å². The molecule has 0 saturated heterocycles. The van der Waals surface area contributed by atoms with Crippen molar-refractivity contribution in [2.75, 3.05) is 30.5 Å². The topological polar surface area (TPSA) is 29.3 Å². The van der Waals surface area contributed by atoms with Gasteiger partial charge in [0.05, 0.1) is 0 Å². The molecular weight excluding hydrogens is 235 g/mol. The Hall–Kier alpha value is -0.740. The molecule has 17 heavy (non-hydrogen) atoms. The van der Waals surface area contributed by atoms with E-state index in [1.165, 1.54) is 6.07 Å². The molecule has 1 aromatic carbocycles. The third-order valence-electron chi connectivity index (χ3n) is 2.94. The predicted molar refractivity (Wildman–Crippen MR) is 75.4 cm³/mol. The van der Waals surface area contributed by atoms with Crippen molar-refractivity contribution in [3.63, 3.8) is 0 Å². The number of thioether (sulfide) groups is 1. The summed E-state index contributed by atoms with van der Waals surface area (Å²) in [6, 6.07) is 5.60. The van der Waals surface area contributed by atoms with Crippen LogP contribution in [0, 0.1) is 5.82 Å². The molecule has 0 spiro atoms. The summed E-state index contributed by atoms with van der Waals surface area (Å²) in [5, 5.41) is 0. The van der Waals surface area contributed by atoms with Gasteiger partial charge in [-0.05, 0) is 38.3 Å². The lowest BCUT2D eigenvalue weighted by atomic mass is 10.1. The molecule has 0 heterocycles. The monoisotopic (exact) mass is 256 g/mol. The molecule has 0 radical (unpaired) electrons. The summed E-state index contributed by atoms with van der Waals surface area (Å²) in [5.41, 5.74) is 7.23. The van der Waals surface area contributed by atoms with Gasteiger partial charge in [-0.15, -0.1) is 0 Å². The van der Waals surface area contributed by atoms with Crippen LogP contribution < -0.4 is 10.6 Å². The number of halogens is 1. The van der Waals surface area contributed by atoms with Crippen LogP contribution >= 0.6 is 11.8 Å². The van der Waals surface area contributed by atoms with Crippen molar-refractivity contribution in [2.24, 2.45) is 5.73 Å². The first-order chi connectivity index (χ1) is 8.11. The van der Waals surface area contributed by atoms with Gasteiger partial charge in [0, 0.05) is 30.1 Å². The minimum absolute atomic E-state index is 0.156. The second-order valence-corrected chi connectivity index (χ2v) is 5.10. The van der Waals surface area contributed by atoms with Gasteiger partial charge in [0.15, 0.2) is 0 Å². The largest absolute Gasteiger partial charge is 0.371 e. The maximum atomic E-state index is 13.8. The molecule has 0 saturated carbocycles. The molecule has 1 unspecified atom stereocenters. The van der Waals surface area contributed by atoms with Crippen LogP contribution in [-0.2, 0) is 6.42 Å². The average molecular weight is 256 g/mol. The minimum atomic E-state index is -0.156. The van der Waals surface area contributed by atoms with E-state index < -0.39 is 0 Å². The Labute approximate surface area is 107 Å². The molecule has 2 nitrogen and oxygen atoms in total. The van der Waals surface area contributed by atoms with Crippen LogP contribution in [0.5, 0.6) is 0 Å². The van der Waals surface area contributed by atoms with E-state index in [2.05, 4.69) is 18.1 Å². The highest BCUT2D eigenvalue weighted by molar-refractivity contribution is 7.98. The van der Waals surface area contributed by atoms with Crippen molar-refractivity contribution >= 4 is 17.4 Å². The van der Waals surface area contributed by atoms with E-state index in [0.29, 0.717) is 19.0 Å². The number of benzene rings is 1. The number of rotatable bonds is 6. The third-order valence-corrected chi connectivity index (χ3v) is 3.75. The van der Waals surface area contributed by atoms with Gasteiger partial charge in [0.1, 0.15) is 5.82 Å². The molecule has 0 bridgehead atoms. The standard InChI is InChI=1S/C13H21FN2S/c1-10(9-17-3)16(2)13-6-4-5-12(14)11(13)7-8-15/h4-6,10H,7-9,15H2,1-3H3. The quantitative estimate of drug-likeness (QED) is 0.848. The van der Waals surface area contributed by atoms with Gasteiger partial charge in [0.25, 0.3) is 0 Å². The summed E-state index contributed by atoms with van der Waals surface area (Å²) in [4.78, 5) is 2.13. The molecule has 2 N–H and O–H groups in total. The number of anilines is 1. The van der Waals surface area contributed by atoms with Gasteiger partial charge in [-0.2, -0.15) is 11.8 Å².